The summed E-state index contributed by atoms with van der Waals surface area (Å²) >= 11 is 5.92. The van der Waals surface area contributed by atoms with Crippen LogP contribution in [-0.2, 0) is 14.6 Å². The average Bonchev–Trinajstić information content (AvgIpc) is 3.02. The molecule has 2 aromatic carbocycles. The zero-order valence-corrected chi connectivity index (χ0v) is 16.8. The highest BCUT2D eigenvalue weighted by atomic mass is 35.5. The lowest BCUT2D eigenvalue weighted by Gasteiger charge is -2.28. The van der Waals surface area contributed by atoms with E-state index in [1.807, 2.05) is 0 Å². The van der Waals surface area contributed by atoms with E-state index >= 15 is 0 Å². The number of ether oxygens (including phenoxy) is 1. The van der Waals surface area contributed by atoms with E-state index in [9.17, 15) is 22.0 Å². The lowest BCUT2D eigenvalue weighted by molar-refractivity contribution is -0.117. The highest BCUT2D eigenvalue weighted by Crippen LogP contribution is 2.29. The molecule has 0 saturated carbocycles. The Morgan fingerprint density at radius 3 is 2.55 bits per heavy atom. The first-order valence-corrected chi connectivity index (χ1v) is 11.0. The summed E-state index contributed by atoms with van der Waals surface area (Å²) in [4.78, 5) is 14.4. The number of hydrogen-bond donors (Lipinski definition) is 1. The van der Waals surface area contributed by atoms with E-state index in [4.69, 9.17) is 11.6 Å². The van der Waals surface area contributed by atoms with Gasteiger partial charge in [0.25, 0.3) is 0 Å². The van der Waals surface area contributed by atoms with Crippen molar-refractivity contribution in [3.63, 3.8) is 0 Å². The average molecular weight is 445 g/mol. The minimum absolute atomic E-state index is 0.0236. The van der Waals surface area contributed by atoms with Crippen LogP contribution in [0.4, 0.5) is 20.2 Å². The fraction of sp³-hybridized carbons (Fsp3) is 0.316. The summed E-state index contributed by atoms with van der Waals surface area (Å²) in [6, 6.07) is 12.5. The van der Waals surface area contributed by atoms with Crippen LogP contribution in [0.5, 0.6) is 5.75 Å². The number of rotatable bonds is 7. The van der Waals surface area contributed by atoms with Crippen LogP contribution in [0.1, 0.15) is 6.42 Å². The number of sulfone groups is 1. The molecule has 10 heteroatoms. The van der Waals surface area contributed by atoms with Crippen LogP contribution < -0.4 is 15.0 Å². The van der Waals surface area contributed by atoms with Gasteiger partial charge in [0.2, 0.25) is 5.91 Å². The number of anilines is 2. The number of carbonyl (C=O) groups is 1. The van der Waals surface area contributed by atoms with Gasteiger partial charge in [0.15, 0.2) is 9.84 Å². The van der Waals surface area contributed by atoms with E-state index in [1.54, 1.807) is 30.3 Å². The second kappa shape index (κ2) is 8.96. The molecular weight excluding hydrogens is 426 g/mol. The van der Waals surface area contributed by atoms with Crippen molar-refractivity contribution in [2.75, 3.05) is 28.3 Å². The number of carbonyl (C=O) groups excluding carboxylic acids is 1. The lowest BCUT2D eigenvalue weighted by Crippen LogP contribution is -2.44. The third-order valence-corrected chi connectivity index (χ3v) is 6.51. The molecule has 0 aliphatic carbocycles. The summed E-state index contributed by atoms with van der Waals surface area (Å²) in [5.41, 5.74) is 1.05. The van der Waals surface area contributed by atoms with Gasteiger partial charge in [0.1, 0.15) is 5.75 Å². The number of nitrogens with one attached hydrogen (secondary N) is 1. The zero-order chi connectivity index (χ0) is 21.0. The van der Waals surface area contributed by atoms with Crippen LogP contribution in [0.15, 0.2) is 48.5 Å². The van der Waals surface area contributed by atoms with E-state index in [2.05, 4.69) is 10.1 Å². The van der Waals surface area contributed by atoms with Crippen molar-refractivity contribution in [1.82, 2.24) is 0 Å². The summed E-state index contributed by atoms with van der Waals surface area (Å²) < 4.78 is 52.7. The molecular formula is C19H19ClF2N2O4S. The van der Waals surface area contributed by atoms with Gasteiger partial charge in [-0.1, -0.05) is 29.8 Å². The SMILES string of the molecule is O=C(CNc1ccc(OC(F)F)c(Cl)c1)N(c1ccccc1)[C@@H]1CCS(=O)(=O)C1. The molecule has 0 bridgehead atoms. The second-order valence-electron chi connectivity index (χ2n) is 6.53. The van der Waals surface area contributed by atoms with Crippen molar-refractivity contribution in [1.29, 1.82) is 0 Å². The number of halogens is 3. The molecule has 1 aliphatic rings. The summed E-state index contributed by atoms with van der Waals surface area (Å²) in [7, 11) is -3.18. The van der Waals surface area contributed by atoms with Crippen LogP contribution in [-0.4, -0.2) is 45.0 Å². The molecule has 1 aliphatic heterocycles. The topological polar surface area (TPSA) is 75.7 Å². The van der Waals surface area contributed by atoms with Gasteiger partial charge in [-0.25, -0.2) is 8.42 Å². The fourth-order valence-electron chi connectivity index (χ4n) is 3.19. The smallest absolute Gasteiger partial charge is 0.387 e. The fourth-order valence-corrected chi connectivity index (χ4v) is 5.12. The van der Waals surface area contributed by atoms with Gasteiger partial charge >= 0.3 is 6.61 Å². The van der Waals surface area contributed by atoms with E-state index in [0.717, 1.165) is 0 Å². The molecule has 1 N–H and O–H groups in total. The molecule has 0 aromatic heterocycles. The molecule has 1 saturated heterocycles. The largest absolute Gasteiger partial charge is 0.433 e. The number of para-hydroxylation sites is 1. The summed E-state index contributed by atoms with van der Waals surface area (Å²) in [6.45, 7) is -3.12. The quantitative estimate of drug-likeness (QED) is 0.706. The maximum atomic E-state index is 12.9. The maximum Gasteiger partial charge on any atom is 0.387 e. The number of benzene rings is 2. The molecule has 0 unspecified atom stereocenters. The highest BCUT2D eigenvalue weighted by Gasteiger charge is 2.35. The van der Waals surface area contributed by atoms with Gasteiger partial charge in [-0.15, -0.1) is 0 Å². The normalized spacial score (nSPS) is 17.9. The Bertz CT molecular complexity index is 973. The number of hydrogen-bond acceptors (Lipinski definition) is 5. The van der Waals surface area contributed by atoms with Crippen LogP contribution in [0, 0.1) is 0 Å². The van der Waals surface area contributed by atoms with E-state index < -0.39 is 22.5 Å². The monoisotopic (exact) mass is 444 g/mol. The molecule has 6 nitrogen and oxygen atoms in total. The summed E-state index contributed by atoms with van der Waals surface area (Å²) in [6.07, 6.45) is 0.370. The minimum Gasteiger partial charge on any atom is -0.433 e. The van der Waals surface area contributed by atoms with E-state index in [0.29, 0.717) is 17.8 Å². The molecule has 0 spiro atoms. The molecule has 0 radical (unpaired) electrons. The minimum atomic E-state index is -3.18. The summed E-state index contributed by atoms with van der Waals surface area (Å²) in [5.74, 6) is -0.523. The predicted molar refractivity (Wildman–Crippen MR) is 108 cm³/mol. The molecule has 1 atom stereocenters. The number of alkyl halides is 2. The molecule has 1 fully saturated rings. The standard InChI is InChI=1S/C19H19ClF2N2O4S/c20-16-10-13(6-7-17(16)28-19(21)22)23-11-18(25)24(14-4-2-1-3-5-14)15-8-9-29(26,27)12-15/h1-7,10,15,19,23H,8-9,11-12H2/t15-/m1/s1. The molecule has 156 valence electrons. The van der Waals surface area contributed by atoms with E-state index in [1.165, 1.54) is 23.1 Å². The van der Waals surface area contributed by atoms with E-state index in [-0.39, 0.29) is 34.7 Å². The van der Waals surface area contributed by atoms with Crippen molar-refractivity contribution < 1.29 is 26.7 Å². The van der Waals surface area contributed by atoms with Gasteiger partial charge in [-0.2, -0.15) is 8.78 Å². The second-order valence-corrected chi connectivity index (χ2v) is 9.17. The lowest BCUT2D eigenvalue weighted by atomic mass is 10.1. The van der Waals surface area contributed by atoms with Crippen molar-refractivity contribution in [2.45, 2.75) is 19.1 Å². The van der Waals surface area contributed by atoms with Crippen LogP contribution in [0.25, 0.3) is 0 Å². The predicted octanol–water partition coefficient (Wildman–Crippen LogP) is 3.57. The first-order chi connectivity index (χ1) is 13.7. The van der Waals surface area contributed by atoms with Gasteiger partial charge in [0, 0.05) is 11.4 Å². The number of amides is 1. The Kier molecular flexibility index (Phi) is 6.59. The third-order valence-electron chi connectivity index (χ3n) is 4.47. The Balaban J connectivity index is 1.73. The van der Waals surface area contributed by atoms with Gasteiger partial charge in [0.05, 0.1) is 29.1 Å². The first-order valence-electron chi connectivity index (χ1n) is 8.81. The van der Waals surface area contributed by atoms with Gasteiger partial charge < -0.3 is 15.0 Å². The number of nitrogens with zero attached hydrogens (tertiary/aromatic N) is 1. The zero-order valence-electron chi connectivity index (χ0n) is 15.2. The molecule has 1 heterocycles. The van der Waals surface area contributed by atoms with Crippen molar-refractivity contribution in [2.24, 2.45) is 0 Å². The van der Waals surface area contributed by atoms with Crippen LogP contribution in [0.2, 0.25) is 5.02 Å². The van der Waals surface area contributed by atoms with Crippen molar-refractivity contribution in [3.8, 4) is 5.75 Å². The summed E-state index contributed by atoms with van der Waals surface area (Å²) in [5, 5.41) is 2.87. The Hall–Kier alpha value is -2.39. The van der Waals surface area contributed by atoms with Crippen molar-refractivity contribution in [3.05, 3.63) is 53.6 Å². The highest BCUT2D eigenvalue weighted by molar-refractivity contribution is 7.91. The molecule has 2 aromatic rings. The molecule has 3 rings (SSSR count). The molecule has 29 heavy (non-hydrogen) atoms. The molecule has 1 amide bonds. The van der Waals surface area contributed by atoms with Crippen LogP contribution >= 0.6 is 11.6 Å². The van der Waals surface area contributed by atoms with Crippen molar-refractivity contribution >= 4 is 38.7 Å². The van der Waals surface area contributed by atoms with Gasteiger partial charge in [-0.3, -0.25) is 4.79 Å². The maximum absolute atomic E-state index is 12.9. The third kappa shape index (κ3) is 5.57. The Labute approximate surface area is 172 Å². The Morgan fingerprint density at radius 2 is 1.97 bits per heavy atom. The first kappa shape index (κ1) is 21.3. The van der Waals surface area contributed by atoms with Gasteiger partial charge in [-0.05, 0) is 36.8 Å². The Morgan fingerprint density at radius 1 is 1.24 bits per heavy atom. The van der Waals surface area contributed by atoms with Crippen LogP contribution in [0.3, 0.4) is 0 Å².